The normalized spacial score (nSPS) is 16.7. The van der Waals surface area contributed by atoms with Crippen LogP contribution in [0.3, 0.4) is 0 Å². The molecule has 1 unspecified atom stereocenters. The fourth-order valence-corrected chi connectivity index (χ4v) is 4.31. The summed E-state index contributed by atoms with van der Waals surface area (Å²) < 4.78 is 28.5. The standard InChI is InChI=1S/C16H9ClF2N2OS/c17-13-7-21-14-8(6-20-16(21)22)1-3-11(15(14)23-13)10-4-2-9(18)5-12(10)19/h1-6,13H,7H2. The summed E-state index contributed by atoms with van der Waals surface area (Å²) in [4.78, 5) is 16.6. The largest absolute Gasteiger partial charge is 0.348 e. The first-order valence-electron chi connectivity index (χ1n) is 6.83. The second-order valence-corrected chi connectivity index (χ2v) is 7.18. The summed E-state index contributed by atoms with van der Waals surface area (Å²) in [6, 6.07) is 6.96. The van der Waals surface area contributed by atoms with E-state index in [0.717, 1.165) is 11.5 Å². The van der Waals surface area contributed by atoms with Crippen LogP contribution in [0, 0.1) is 11.6 Å². The summed E-state index contributed by atoms with van der Waals surface area (Å²) in [6.07, 6.45) is 1.50. The molecule has 0 fully saturated rings. The lowest BCUT2D eigenvalue weighted by molar-refractivity contribution is 0.585. The van der Waals surface area contributed by atoms with Crippen LogP contribution in [-0.2, 0) is 6.54 Å². The average Bonchev–Trinajstić information content (AvgIpc) is 2.51. The van der Waals surface area contributed by atoms with Gasteiger partial charge in [0.15, 0.2) is 0 Å². The van der Waals surface area contributed by atoms with Crippen molar-refractivity contribution < 1.29 is 8.78 Å². The van der Waals surface area contributed by atoms with Gasteiger partial charge in [0.25, 0.3) is 0 Å². The van der Waals surface area contributed by atoms with Crippen molar-refractivity contribution >= 4 is 34.3 Å². The lowest BCUT2D eigenvalue weighted by Crippen LogP contribution is -2.28. The molecular weight excluding hydrogens is 342 g/mol. The van der Waals surface area contributed by atoms with Crippen molar-refractivity contribution in [1.82, 2.24) is 9.55 Å². The molecule has 0 aliphatic carbocycles. The zero-order valence-corrected chi connectivity index (χ0v) is 13.2. The van der Waals surface area contributed by atoms with Crippen LogP contribution < -0.4 is 5.69 Å². The van der Waals surface area contributed by atoms with Gasteiger partial charge in [-0.1, -0.05) is 12.1 Å². The lowest BCUT2D eigenvalue weighted by Gasteiger charge is -2.24. The highest BCUT2D eigenvalue weighted by molar-refractivity contribution is 8.01. The first-order valence-corrected chi connectivity index (χ1v) is 8.15. The Bertz CT molecular complexity index is 1010. The molecule has 23 heavy (non-hydrogen) atoms. The lowest BCUT2D eigenvalue weighted by atomic mass is 10.0. The Kier molecular flexibility index (Phi) is 3.39. The van der Waals surface area contributed by atoms with Crippen LogP contribution in [0.5, 0.6) is 0 Å². The van der Waals surface area contributed by atoms with E-state index in [4.69, 9.17) is 11.6 Å². The van der Waals surface area contributed by atoms with Gasteiger partial charge < -0.3 is 0 Å². The maximum Gasteiger partial charge on any atom is 0.348 e. The molecule has 2 aromatic carbocycles. The highest BCUT2D eigenvalue weighted by atomic mass is 35.5. The third kappa shape index (κ3) is 2.33. The Morgan fingerprint density at radius 3 is 2.78 bits per heavy atom. The van der Waals surface area contributed by atoms with E-state index in [1.54, 1.807) is 12.1 Å². The van der Waals surface area contributed by atoms with Crippen LogP contribution in [-0.4, -0.2) is 14.3 Å². The number of halogens is 3. The summed E-state index contributed by atoms with van der Waals surface area (Å²) >= 11 is 7.61. The summed E-state index contributed by atoms with van der Waals surface area (Å²) in [6.45, 7) is 0.331. The molecule has 2 heterocycles. The molecular formula is C16H9ClF2N2OS. The SMILES string of the molecule is O=c1ncc2ccc(-c3ccc(F)cc3F)c3c2n1CC(Cl)S3. The van der Waals surface area contributed by atoms with Crippen LogP contribution >= 0.6 is 23.4 Å². The van der Waals surface area contributed by atoms with Crippen LogP contribution in [0.2, 0.25) is 0 Å². The number of alkyl halides is 1. The molecule has 0 spiro atoms. The minimum absolute atomic E-state index is 0.275. The van der Waals surface area contributed by atoms with Crippen LogP contribution in [0.25, 0.3) is 22.0 Å². The quantitative estimate of drug-likeness (QED) is 0.622. The fourth-order valence-electron chi connectivity index (χ4n) is 2.78. The van der Waals surface area contributed by atoms with Gasteiger partial charge in [0.2, 0.25) is 0 Å². The number of hydrogen-bond acceptors (Lipinski definition) is 3. The van der Waals surface area contributed by atoms with Gasteiger partial charge in [0.05, 0.1) is 12.1 Å². The predicted molar refractivity (Wildman–Crippen MR) is 86.9 cm³/mol. The second kappa shape index (κ2) is 5.32. The molecule has 0 radical (unpaired) electrons. The Morgan fingerprint density at radius 1 is 1.22 bits per heavy atom. The van der Waals surface area contributed by atoms with Gasteiger partial charge in [-0.15, -0.1) is 23.4 Å². The zero-order valence-electron chi connectivity index (χ0n) is 11.6. The van der Waals surface area contributed by atoms with Crippen molar-refractivity contribution in [3.05, 3.63) is 58.6 Å². The van der Waals surface area contributed by atoms with E-state index in [9.17, 15) is 13.6 Å². The minimum Gasteiger partial charge on any atom is -0.288 e. The highest BCUT2D eigenvalue weighted by Gasteiger charge is 2.25. The van der Waals surface area contributed by atoms with Gasteiger partial charge in [-0.2, -0.15) is 0 Å². The molecule has 1 aliphatic rings. The van der Waals surface area contributed by atoms with Crippen LogP contribution in [0.4, 0.5) is 8.78 Å². The van der Waals surface area contributed by atoms with E-state index in [0.29, 0.717) is 22.5 Å². The topological polar surface area (TPSA) is 34.9 Å². The Hall–Kier alpha value is -1.92. The van der Waals surface area contributed by atoms with Gasteiger partial charge in [0.1, 0.15) is 16.3 Å². The smallest absolute Gasteiger partial charge is 0.288 e. The monoisotopic (exact) mass is 350 g/mol. The minimum atomic E-state index is -0.652. The third-order valence-electron chi connectivity index (χ3n) is 3.77. The van der Waals surface area contributed by atoms with Crippen molar-refractivity contribution in [1.29, 1.82) is 0 Å². The predicted octanol–water partition coefficient (Wildman–Crippen LogP) is 4.01. The van der Waals surface area contributed by atoms with E-state index >= 15 is 0 Å². The van der Waals surface area contributed by atoms with Gasteiger partial charge in [-0.05, 0) is 12.1 Å². The van der Waals surface area contributed by atoms with Gasteiger partial charge in [-0.3, -0.25) is 4.57 Å². The molecule has 0 saturated heterocycles. The van der Waals surface area contributed by atoms with Crippen molar-refractivity contribution in [2.45, 2.75) is 16.1 Å². The van der Waals surface area contributed by atoms with Gasteiger partial charge in [-0.25, -0.2) is 18.6 Å². The molecule has 0 amide bonds. The van der Waals surface area contributed by atoms with Gasteiger partial charge in [0, 0.05) is 33.7 Å². The van der Waals surface area contributed by atoms with Crippen molar-refractivity contribution in [2.75, 3.05) is 0 Å². The summed E-state index contributed by atoms with van der Waals surface area (Å²) in [5.41, 5.74) is 1.16. The molecule has 3 aromatic rings. The maximum absolute atomic E-state index is 14.2. The number of rotatable bonds is 1. The number of aromatic nitrogens is 2. The van der Waals surface area contributed by atoms with Crippen molar-refractivity contribution in [3.63, 3.8) is 0 Å². The Morgan fingerprint density at radius 2 is 2.00 bits per heavy atom. The van der Waals surface area contributed by atoms with Crippen LogP contribution in [0.1, 0.15) is 0 Å². The summed E-state index contributed by atoms with van der Waals surface area (Å²) in [5, 5.41) is 0.780. The number of benzene rings is 2. The third-order valence-corrected chi connectivity index (χ3v) is 5.23. The van der Waals surface area contributed by atoms with E-state index in [1.807, 2.05) is 0 Å². The molecule has 0 saturated carbocycles. The number of nitrogens with zero attached hydrogens (tertiary/aromatic N) is 2. The summed E-state index contributed by atoms with van der Waals surface area (Å²) in [7, 11) is 0. The van der Waals surface area contributed by atoms with E-state index in [-0.39, 0.29) is 16.0 Å². The fraction of sp³-hybridized carbons (Fsp3) is 0.125. The Labute approximate surface area is 138 Å². The molecule has 116 valence electrons. The first-order chi connectivity index (χ1) is 11.0. The number of hydrogen-bond donors (Lipinski definition) is 0. The van der Waals surface area contributed by atoms with Crippen molar-refractivity contribution in [2.24, 2.45) is 0 Å². The van der Waals surface area contributed by atoms with E-state index in [2.05, 4.69) is 4.98 Å². The van der Waals surface area contributed by atoms with Gasteiger partial charge >= 0.3 is 5.69 Å². The second-order valence-electron chi connectivity index (χ2n) is 5.18. The van der Waals surface area contributed by atoms with E-state index in [1.165, 1.54) is 34.7 Å². The molecule has 0 bridgehead atoms. The van der Waals surface area contributed by atoms with Crippen LogP contribution in [0.15, 0.2) is 46.2 Å². The average molecular weight is 351 g/mol. The highest BCUT2D eigenvalue weighted by Crippen LogP contribution is 2.43. The summed E-state index contributed by atoms with van der Waals surface area (Å²) in [5.74, 6) is -1.29. The molecule has 0 N–H and O–H groups in total. The molecule has 1 atom stereocenters. The molecule has 7 heteroatoms. The molecule has 1 aromatic heterocycles. The van der Waals surface area contributed by atoms with E-state index < -0.39 is 11.6 Å². The Balaban J connectivity index is 2.09. The number of thioether (sulfide) groups is 1. The first kappa shape index (κ1) is 14.7. The zero-order chi connectivity index (χ0) is 16.1. The van der Waals surface area contributed by atoms with Crippen molar-refractivity contribution in [3.8, 4) is 11.1 Å². The molecule has 4 rings (SSSR count). The maximum atomic E-state index is 14.2. The molecule has 1 aliphatic heterocycles. The molecule has 3 nitrogen and oxygen atoms in total.